The summed E-state index contributed by atoms with van der Waals surface area (Å²) >= 11 is 0. The van der Waals surface area contributed by atoms with Gasteiger partial charge in [-0.15, -0.1) is 0 Å². The van der Waals surface area contributed by atoms with E-state index in [1.807, 2.05) is 20.8 Å². The Labute approximate surface area is 123 Å². The Morgan fingerprint density at radius 2 is 1.81 bits per heavy atom. The van der Waals surface area contributed by atoms with Crippen LogP contribution < -0.4 is 9.47 Å². The van der Waals surface area contributed by atoms with Gasteiger partial charge in [0.05, 0.1) is 0 Å². The third-order valence-corrected chi connectivity index (χ3v) is 3.79. The van der Waals surface area contributed by atoms with E-state index >= 15 is 0 Å². The molecule has 1 N–H and O–H groups in total. The summed E-state index contributed by atoms with van der Waals surface area (Å²) < 4.78 is 11.0. The number of carbonyl (C=O) groups excluding carboxylic acids is 1. The molecule has 1 aromatic carbocycles. The summed E-state index contributed by atoms with van der Waals surface area (Å²) in [7, 11) is 0. The van der Waals surface area contributed by atoms with Gasteiger partial charge in [-0.3, -0.25) is 4.79 Å². The first-order valence-corrected chi connectivity index (χ1v) is 6.61. The topological polar surface area (TPSA) is 72.8 Å². The molecule has 0 aromatic heterocycles. The number of rotatable bonds is 2. The summed E-state index contributed by atoms with van der Waals surface area (Å²) in [6.45, 7) is 8.31. The van der Waals surface area contributed by atoms with E-state index < -0.39 is 17.5 Å². The van der Waals surface area contributed by atoms with E-state index in [1.54, 1.807) is 6.08 Å². The third kappa shape index (κ3) is 2.39. The van der Waals surface area contributed by atoms with Crippen molar-refractivity contribution in [2.45, 2.75) is 40.2 Å². The number of carboxylic acid groups (broad SMARTS) is 1. The Morgan fingerprint density at radius 3 is 2.33 bits per heavy atom. The minimum atomic E-state index is -1.39. The monoisotopic (exact) mass is 290 g/mol. The lowest BCUT2D eigenvalue weighted by atomic mass is 9.92. The first-order valence-electron chi connectivity index (χ1n) is 6.61. The van der Waals surface area contributed by atoms with Crippen molar-refractivity contribution < 1.29 is 24.2 Å². The molecular weight excluding hydrogens is 272 g/mol. The standard InChI is InChI=1S/C16H18O5/c1-8-9(2)14-12(10(3)13(8)20-11(4)17)6-7-16(5,21-14)15(18)19/h6-7H,1-5H3,(H,18,19)/t16-/m1/s1. The van der Waals surface area contributed by atoms with Crippen LogP contribution in [0, 0.1) is 20.8 Å². The second-order valence-electron chi connectivity index (χ2n) is 5.39. The molecule has 21 heavy (non-hydrogen) atoms. The molecule has 1 atom stereocenters. The van der Waals surface area contributed by atoms with E-state index in [1.165, 1.54) is 19.9 Å². The second-order valence-corrected chi connectivity index (χ2v) is 5.39. The fraction of sp³-hybridized carbons (Fsp3) is 0.375. The SMILES string of the molecule is CC(=O)Oc1c(C)c(C)c2c(c1C)C=C[C@](C)(C(=O)O)O2. The average Bonchev–Trinajstić information content (AvgIpc) is 2.40. The van der Waals surface area contributed by atoms with Crippen LogP contribution >= 0.6 is 0 Å². The summed E-state index contributed by atoms with van der Waals surface area (Å²) in [5, 5.41) is 9.28. The molecule has 1 aliphatic rings. The van der Waals surface area contributed by atoms with E-state index in [9.17, 15) is 14.7 Å². The summed E-state index contributed by atoms with van der Waals surface area (Å²) in [4.78, 5) is 22.6. The highest BCUT2D eigenvalue weighted by Crippen LogP contribution is 2.42. The number of carbonyl (C=O) groups is 2. The number of carboxylic acids is 1. The van der Waals surface area contributed by atoms with E-state index in [0.29, 0.717) is 11.5 Å². The maximum Gasteiger partial charge on any atom is 0.351 e. The quantitative estimate of drug-likeness (QED) is 0.669. The molecule has 0 fully saturated rings. The van der Waals surface area contributed by atoms with Gasteiger partial charge in [0.2, 0.25) is 5.60 Å². The molecule has 0 spiro atoms. The lowest BCUT2D eigenvalue weighted by Crippen LogP contribution is -2.41. The van der Waals surface area contributed by atoms with Gasteiger partial charge in [0.25, 0.3) is 0 Å². The Bertz CT molecular complexity index is 672. The lowest BCUT2D eigenvalue weighted by Gasteiger charge is -2.31. The minimum Gasteiger partial charge on any atom is -0.478 e. The van der Waals surface area contributed by atoms with Crippen molar-refractivity contribution >= 4 is 18.0 Å². The van der Waals surface area contributed by atoms with Gasteiger partial charge >= 0.3 is 11.9 Å². The fourth-order valence-corrected chi connectivity index (χ4v) is 2.35. The van der Waals surface area contributed by atoms with Gasteiger partial charge in [-0.1, -0.05) is 6.08 Å². The molecule has 0 saturated heterocycles. The van der Waals surface area contributed by atoms with Crippen LogP contribution in [-0.4, -0.2) is 22.6 Å². The van der Waals surface area contributed by atoms with Crippen molar-refractivity contribution in [1.82, 2.24) is 0 Å². The zero-order valence-electron chi connectivity index (χ0n) is 12.7. The van der Waals surface area contributed by atoms with Crippen molar-refractivity contribution in [3.05, 3.63) is 28.3 Å². The zero-order chi connectivity index (χ0) is 15.9. The number of esters is 1. The highest BCUT2D eigenvalue weighted by molar-refractivity contribution is 5.85. The van der Waals surface area contributed by atoms with Crippen LogP contribution in [0.3, 0.4) is 0 Å². The molecule has 5 heteroatoms. The van der Waals surface area contributed by atoms with Crippen LogP contribution in [0.15, 0.2) is 6.08 Å². The molecule has 0 aliphatic carbocycles. The van der Waals surface area contributed by atoms with Gasteiger partial charge in [-0.25, -0.2) is 4.79 Å². The van der Waals surface area contributed by atoms with Crippen LogP contribution in [0.5, 0.6) is 11.5 Å². The van der Waals surface area contributed by atoms with Crippen LogP contribution in [0.2, 0.25) is 0 Å². The number of ether oxygens (including phenoxy) is 2. The maximum absolute atomic E-state index is 11.3. The molecule has 1 heterocycles. The molecule has 1 aromatic rings. The zero-order valence-corrected chi connectivity index (χ0v) is 12.7. The molecule has 0 unspecified atom stereocenters. The van der Waals surface area contributed by atoms with E-state index in [0.717, 1.165) is 22.3 Å². The summed E-state index contributed by atoms with van der Waals surface area (Å²) in [6.07, 6.45) is 3.21. The van der Waals surface area contributed by atoms with Gasteiger partial charge < -0.3 is 14.6 Å². The Hall–Kier alpha value is -2.30. The van der Waals surface area contributed by atoms with Gasteiger partial charge in [-0.2, -0.15) is 0 Å². The van der Waals surface area contributed by atoms with Crippen molar-refractivity contribution in [3.63, 3.8) is 0 Å². The molecule has 0 amide bonds. The third-order valence-electron chi connectivity index (χ3n) is 3.79. The number of aliphatic carboxylic acids is 1. The molecular formula is C16H18O5. The van der Waals surface area contributed by atoms with E-state index in [4.69, 9.17) is 9.47 Å². The molecule has 0 bridgehead atoms. The molecule has 0 saturated carbocycles. The first-order chi connectivity index (χ1) is 9.67. The minimum absolute atomic E-state index is 0.392. The normalized spacial score (nSPS) is 19.7. The van der Waals surface area contributed by atoms with Crippen LogP contribution in [0.1, 0.15) is 36.1 Å². The number of hydrogen-bond donors (Lipinski definition) is 1. The summed E-state index contributed by atoms with van der Waals surface area (Å²) in [5.41, 5.74) is 1.65. The highest BCUT2D eigenvalue weighted by Gasteiger charge is 2.37. The largest absolute Gasteiger partial charge is 0.478 e. The summed E-state index contributed by atoms with van der Waals surface area (Å²) in [5.74, 6) is -0.418. The van der Waals surface area contributed by atoms with Gasteiger partial charge in [0.1, 0.15) is 11.5 Å². The van der Waals surface area contributed by atoms with Crippen LogP contribution in [0.4, 0.5) is 0 Å². The van der Waals surface area contributed by atoms with Gasteiger partial charge in [0.15, 0.2) is 0 Å². The molecule has 5 nitrogen and oxygen atoms in total. The Kier molecular flexibility index (Phi) is 3.53. The van der Waals surface area contributed by atoms with E-state index in [-0.39, 0.29) is 0 Å². The number of hydrogen-bond acceptors (Lipinski definition) is 4. The summed E-state index contributed by atoms with van der Waals surface area (Å²) in [6, 6.07) is 0. The predicted molar refractivity (Wildman–Crippen MR) is 77.7 cm³/mol. The Balaban J connectivity index is 2.65. The molecule has 1 aliphatic heterocycles. The van der Waals surface area contributed by atoms with Crippen molar-refractivity contribution in [1.29, 1.82) is 0 Å². The predicted octanol–water partition coefficient (Wildman–Crippen LogP) is 2.79. The van der Waals surface area contributed by atoms with Gasteiger partial charge in [0, 0.05) is 18.1 Å². The van der Waals surface area contributed by atoms with E-state index in [2.05, 4.69) is 0 Å². The Morgan fingerprint density at radius 1 is 1.19 bits per heavy atom. The molecule has 112 valence electrons. The first kappa shape index (κ1) is 15.1. The average molecular weight is 290 g/mol. The van der Waals surface area contributed by atoms with Crippen molar-refractivity contribution in [2.24, 2.45) is 0 Å². The van der Waals surface area contributed by atoms with Crippen LogP contribution in [-0.2, 0) is 9.59 Å². The molecule has 2 rings (SSSR count). The van der Waals surface area contributed by atoms with Crippen molar-refractivity contribution in [3.8, 4) is 11.5 Å². The lowest BCUT2D eigenvalue weighted by molar-refractivity contribution is -0.149. The van der Waals surface area contributed by atoms with Gasteiger partial charge in [-0.05, 0) is 44.9 Å². The second kappa shape index (κ2) is 4.91. The number of fused-ring (bicyclic) bond motifs is 1. The maximum atomic E-state index is 11.3. The van der Waals surface area contributed by atoms with Crippen LogP contribution in [0.25, 0.3) is 6.08 Å². The number of benzene rings is 1. The molecule has 0 radical (unpaired) electrons. The highest BCUT2D eigenvalue weighted by atomic mass is 16.5. The van der Waals surface area contributed by atoms with Crippen molar-refractivity contribution in [2.75, 3.05) is 0 Å². The smallest absolute Gasteiger partial charge is 0.351 e. The fourth-order valence-electron chi connectivity index (χ4n) is 2.35.